The summed E-state index contributed by atoms with van der Waals surface area (Å²) in [6.07, 6.45) is 2.39. The van der Waals surface area contributed by atoms with Crippen molar-refractivity contribution in [1.29, 1.82) is 0 Å². The zero-order valence-corrected chi connectivity index (χ0v) is 11.9. The van der Waals surface area contributed by atoms with Gasteiger partial charge in [-0.1, -0.05) is 6.92 Å². The molecule has 5 nitrogen and oxygen atoms in total. The predicted octanol–water partition coefficient (Wildman–Crippen LogP) is 1.36. The molecule has 19 heavy (non-hydrogen) atoms. The van der Waals surface area contributed by atoms with Gasteiger partial charge in [0.2, 0.25) is 0 Å². The number of aryl methyl sites for hydroxylation is 1. The Bertz CT molecular complexity index is 460. The summed E-state index contributed by atoms with van der Waals surface area (Å²) in [6, 6.07) is 0. The first-order valence-corrected chi connectivity index (χ1v) is 7.30. The summed E-state index contributed by atoms with van der Waals surface area (Å²) in [6.45, 7) is 7.58. The van der Waals surface area contributed by atoms with Crippen LogP contribution in [0, 0.1) is 11.8 Å². The lowest BCUT2D eigenvalue weighted by Crippen LogP contribution is -2.27. The van der Waals surface area contributed by atoms with Gasteiger partial charge in [0.05, 0.1) is 18.1 Å². The van der Waals surface area contributed by atoms with Crippen LogP contribution in [-0.4, -0.2) is 38.7 Å². The number of aliphatic hydroxyl groups is 1. The van der Waals surface area contributed by atoms with Crippen molar-refractivity contribution < 1.29 is 9.84 Å². The van der Waals surface area contributed by atoms with Gasteiger partial charge in [-0.15, -0.1) is 10.2 Å². The molecule has 1 aromatic rings. The van der Waals surface area contributed by atoms with Crippen LogP contribution in [0.4, 0.5) is 0 Å². The molecule has 106 valence electrons. The van der Waals surface area contributed by atoms with E-state index in [1.165, 1.54) is 0 Å². The molecule has 0 aromatic carbocycles. The van der Waals surface area contributed by atoms with E-state index in [0.29, 0.717) is 17.8 Å². The zero-order valence-electron chi connectivity index (χ0n) is 11.9. The fraction of sp³-hybridized carbons (Fsp3) is 0.857. The Labute approximate surface area is 114 Å². The number of aliphatic hydroxyl groups excluding tert-OH is 1. The van der Waals surface area contributed by atoms with Crippen LogP contribution >= 0.6 is 0 Å². The van der Waals surface area contributed by atoms with Gasteiger partial charge in [-0.2, -0.15) is 0 Å². The first-order chi connectivity index (χ1) is 9.11. The van der Waals surface area contributed by atoms with Crippen molar-refractivity contribution in [2.24, 2.45) is 11.8 Å². The van der Waals surface area contributed by atoms with Gasteiger partial charge in [-0.05, 0) is 26.2 Å². The zero-order chi connectivity index (χ0) is 13.6. The molecule has 0 bridgehead atoms. The van der Waals surface area contributed by atoms with E-state index < -0.39 is 0 Å². The lowest BCUT2D eigenvalue weighted by molar-refractivity contribution is 0.0550. The minimum Gasteiger partial charge on any atom is -0.396 e. The van der Waals surface area contributed by atoms with E-state index >= 15 is 0 Å². The Morgan fingerprint density at radius 1 is 1.26 bits per heavy atom. The standard InChI is InChI=1S/C14H23N3O2/c1-8-9(2)19-10(3)13(8)14-16-15-12-5-4-11(7-18)6-17(12)14/h8-11,13,18H,4-7H2,1-3H3. The molecule has 0 spiro atoms. The molecular weight excluding hydrogens is 242 g/mol. The van der Waals surface area contributed by atoms with E-state index in [2.05, 4.69) is 35.5 Å². The lowest BCUT2D eigenvalue weighted by atomic mass is 9.88. The summed E-state index contributed by atoms with van der Waals surface area (Å²) in [5.74, 6) is 3.23. The van der Waals surface area contributed by atoms with Crippen molar-refractivity contribution in [3.8, 4) is 0 Å². The normalized spacial score (nSPS) is 38.4. The summed E-state index contributed by atoms with van der Waals surface area (Å²) in [4.78, 5) is 0. The van der Waals surface area contributed by atoms with E-state index in [9.17, 15) is 5.11 Å². The molecule has 5 unspecified atom stereocenters. The summed E-state index contributed by atoms with van der Waals surface area (Å²) in [5, 5.41) is 18.2. The molecule has 0 aliphatic carbocycles. The van der Waals surface area contributed by atoms with Crippen molar-refractivity contribution in [1.82, 2.24) is 14.8 Å². The Balaban J connectivity index is 1.92. The Hall–Kier alpha value is -0.940. The molecule has 2 aliphatic heterocycles. The number of rotatable bonds is 2. The first kappa shape index (κ1) is 13.1. The molecule has 0 radical (unpaired) electrons. The maximum Gasteiger partial charge on any atom is 0.139 e. The molecular formula is C14H23N3O2. The first-order valence-electron chi connectivity index (χ1n) is 7.30. The van der Waals surface area contributed by atoms with Gasteiger partial charge in [0, 0.05) is 25.5 Å². The second kappa shape index (κ2) is 4.87. The molecule has 1 aromatic heterocycles. The minimum atomic E-state index is 0.188. The van der Waals surface area contributed by atoms with Crippen LogP contribution in [0.25, 0.3) is 0 Å². The number of fused-ring (bicyclic) bond motifs is 1. The van der Waals surface area contributed by atoms with Crippen molar-refractivity contribution in [3.63, 3.8) is 0 Å². The van der Waals surface area contributed by atoms with E-state index in [-0.39, 0.29) is 18.8 Å². The number of aromatic nitrogens is 3. The SMILES string of the molecule is CC1OC(C)C(c2nnc3n2CC(CO)CC3)C1C. The topological polar surface area (TPSA) is 60.2 Å². The van der Waals surface area contributed by atoms with Crippen LogP contribution in [0.1, 0.15) is 44.8 Å². The molecule has 5 heteroatoms. The maximum atomic E-state index is 9.38. The van der Waals surface area contributed by atoms with Crippen molar-refractivity contribution in [2.45, 2.75) is 58.3 Å². The van der Waals surface area contributed by atoms with Crippen LogP contribution in [0.2, 0.25) is 0 Å². The van der Waals surface area contributed by atoms with Gasteiger partial charge in [-0.3, -0.25) is 0 Å². The second-order valence-corrected chi connectivity index (χ2v) is 6.10. The molecule has 0 saturated carbocycles. The summed E-state index contributed by atoms with van der Waals surface area (Å²) in [7, 11) is 0. The fourth-order valence-electron chi connectivity index (χ4n) is 3.52. The van der Waals surface area contributed by atoms with Gasteiger partial charge >= 0.3 is 0 Å². The van der Waals surface area contributed by atoms with E-state index in [4.69, 9.17) is 4.74 Å². The van der Waals surface area contributed by atoms with Crippen LogP contribution < -0.4 is 0 Å². The average Bonchev–Trinajstić information content (AvgIpc) is 2.91. The Morgan fingerprint density at radius 3 is 2.68 bits per heavy atom. The highest BCUT2D eigenvalue weighted by Gasteiger charge is 2.41. The molecule has 5 atom stereocenters. The Kier molecular flexibility index (Phi) is 3.35. The molecule has 0 amide bonds. The van der Waals surface area contributed by atoms with Gasteiger partial charge < -0.3 is 14.4 Å². The largest absolute Gasteiger partial charge is 0.396 e. The predicted molar refractivity (Wildman–Crippen MR) is 70.8 cm³/mol. The smallest absolute Gasteiger partial charge is 0.139 e. The van der Waals surface area contributed by atoms with Crippen LogP contribution in [0.5, 0.6) is 0 Å². The highest BCUT2D eigenvalue weighted by Crippen LogP contribution is 2.39. The van der Waals surface area contributed by atoms with Gasteiger partial charge in [0.15, 0.2) is 0 Å². The summed E-state index contributed by atoms with van der Waals surface area (Å²) in [5.41, 5.74) is 0. The second-order valence-electron chi connectivity index (χ2n) is 6.10. The summed E-state index contributed by atoms with van der Waals surface area (Å²) >= 11 is 0. The number of hydrogen-bond donors (Lipinski definition) is 1. The van der Waals surface area contributed by atoms with Crippen molar-refractivity contribution in [2.75, 3.05) is 6.61 Å². The van der Waals surface area contributed by atoms with Crippen molar-refractivity contribution in [3.05, 3.63) is 11.6 Å². The van der Waals surface area contributed by atoms with Gasteiger partial charge in [0.25, 0.3) is 0 Å². The quantitative estimate of drug-likeness (QED) is 0.877. The highest BCUT2D eigenvalue weighted by molar-refractivity contribution is 5.11. The third-order valence-corrected chi connectivity index (χ3v) is 4.87. The maximum absolute atomic E-state index is 9.38. The third-order valence-electron chi connectivity index (χ3n) is 4.87. The van der Waals surface area contributed by atoms with E-state index in [1.54, 1.807) is 0 Å². The summed E-state index contributed by atoms with van der Waals surface area (Å²) < 4.78 is 8.15. The van der Waals surface area contributed by atoms with Crippen LogP contribution in [0.3, 0.4) is 0 Å². The fourth-order valence-corrected chi connectivity index (χ4v) is 3.52. The Morgan fingerprint density at radius 2 is 2.05 bits per heavy atom. The number of ether oxygens (including phenoxy) is 1. The minimum absolute atomic E-state index is 0.188. The van der Waals surface area contributed by atoms with E-state index in [0.717, 1.165) is 31.0 Å². The van der Waals surface area contributed by atoms with Crippen molar-refractivity contribution >= 4 is 0 Å². The average molecular weight is 265 g/mol. The van der Waals surface area contributed by atoms with E-state index in [1.807, 2.05) is 0 Å². The third kappa shape index (κ3) is 2.09. The molecule has 1 N–H and O–H groups in total. The highest BCUT2D eigenvalue weighted by atomic mass is 16.5. The number of nitrogens with zero attached hydrogens (tertiary/aromatic N) is 3. The molecule has 3 heterocycles. The van der Waals surface area contributed by atoms with Gasteiger partial charge in [0.1, 0.15) is 11.6 Å². The monoisotopic (exact) mass is 265 g/mol. The van der Waals surface area contributed by atoms with Gasteiger partial charge in [-0.25, -0.2) is 0 Å². The van der Waals surface area contributed by atoms with Crippen LogP contribution in [0.15, 0.2) is 0 Å². The molecule has 2 aliphatic rings. The lowest BCUT2D eigenvalue weighted by Gasteiger charge is -2.25. The molecule has 1 saturated heterocycles. The van der Waals surface area contributed by atoms with Crippen LogP contribution in [-0.2, 0) is 17.7 Å². The number of hydrogen-bond acceptors (Lipinski definition) is 4. The molecule has 1 fully saturated rings. The molecule has 3 rings (SSSR count).